The number of hydrogen-bond donors (Lipinski definition) is 2. The fourth-order valence-corrected chi connectivity index (χ4v) is 1.31. The Morgan fingerprint density at radius 2 is 2.41 bits per heavy atom. The molecule has 3 N–H and O–H groups in total. The maximum absolute atomic E-state index is 10.7. The number of carbonyl (C=O) groups excluding carboxylic acids is 1. The Kier molecular flexibility index (Phi) is 4.16. The molecule has 92 valence electrons. The molecule has 1 aromatic rings. The normalized spacial score (nSPS) is 11.9. The van der Waals surface area contributed by atoms with Crippen molar-refractivity contribution in [3.63, 3.8) is 0 Å². The quantitative estimate of drug-likeness (QED) is 0.456. The van der Waals surface area contributed by atoms with Gasteiger partial charge in [0.2, 0.25) is 17.0 Å². The number of carbonyl (C=O) groups is 1. The summed E-state index contributed by atoms with van der Waals surface area (Å²) >= 11 is 5.53. The second kappa shape index (κ2) is 5.39. The molecule has 0 fully saturated rings. The van der Waals surface area contributed by atoms with Crippen molar-refractivity contribution in [2.45, 2.75) is 19.4 Å². The van der Waals surface area contributed by atoms with Crippen molar-refractivity contribution in [1.82, 2.24) is 9.97 Å². The van der Waals surface area contributed by atoms with Gasteiger partial charge < -0.3 is 11.1 Å². The number of halogens is 1. The van der Waals surface area contributed by atoms with Crippen molar-refractivity contribution < 1.29 is 9.72 Å². The SMILES string of the molecule is C[C@@H](CC(N)=O)Nc1nc(Cl)ncc1[N+](=O)[O-]. The van der Waals surface area contributed by atoms with E-state index >= 15 is 0 Å². The van der Waals surface area contributed by atoms with Crippen LogP contribution in [0, 0.1) is 10.1 Å². The first kappa shape index (κ1) is 13.1. The number of rotatable bonds is 5. The van der Waals surface area contributed by atoms with Gasteiger partial charge in [-0.05, 0) is 18.5 Å². The minimum atomic E-state index is -0.643. The van der Waals surface area contributed by atoms with Gasteiger partial charge in [-0.3, -0.25) is 14.9 Å². The van der Waals surface area contributed by atoms with Crippen molar-refractivity contribution in [1.29, 1.82) is 0 Å². The van der Waals surface area contributed by atoms with Crippen LogP contribution in [0.15, 0.2) is 6.20 Å². The van der Waals surface area contributed by atoms with Gasteiger partial charge in [-0.25, -0.2) is 4.98 Å². The molecular weight excluding hydrogens is 250 g/mol. The summed E-state index contributed by atoms with van der Waals surface area (Å²) in [6.45, 7) is 1.64. The van der Waals surface area contributed by atoms with Gasteiger partial charge in [0, 0.05) is 12.5 Å². The van der Waals surface area contributed by atoms with E-state index in [-0.39, 0.29) is 23.2 Å². The third-order valence-corrected chi connectivity index (χ3v) is 2.01. The highest BCUT2D eigenvalue weighted by molar-refractivity contribution is 6.28. The van der Waals surface area contributed by atoms with Crippen molar-refractivity contribution in [2.24, 2.45) is 5.73 Å². The molecule has 17 heavy (non-hydrogen) atoms. The largest absolute Gasteiger partial charge is 0.370 e. The van der Waals surface area contributed by atoms with Crippen LogP contribution in [0.4, 0.5) is 11.5 Å². The molecule has 9 heteroatoms. The zero-order valence-electron chi connectivity index (χ0n) is 8.88. The number of primary amides is 1. The van der Waals surface area contributed by atoms with E-state index in [2.05, 4.69) is 15.3 Å². The van der Waals surface area contributed by atoms with Gasteiger partial charge in [0.05, 0.1) is 4.92 Å². The van der Waals surface area contributed by atoms with Crippen molar-refractivity contribution in [3.05, 3.63) is 21.6 Å². The molecule has 0 aliphatic rings. The molecule has 1 aromatic heterocycles. The number of nitrogens with zero attached hydrogens (tertiary/aromatic N) is 3. The number of anilines is 1. The molecule has 1 amide bonds. The lowest BCUT2D eigenvalue weighted by Crippen LogP contribution is -2.24. The summed E-state index contributed by atoms with van der Waals surface area (Å²) in [6.07, 6.45) is 1.02. The van der Waals surface area contributed by atoms with Crippen LogP contribution in [0.3, 0.4) is 0 Å². The van der Waals surface area contributed by atoms with E-state index in [1.54, 1.807) is 6.92 Å². The molecule has 0 aliphatic heterocycles. The zero-order valence-corrected chi connectivity index (χ0v) is 9.64. The molecule has 1 atom stereocenters. The molecule has 1 rings (SSSR count). The van der Waals surface area contributed by atoms with Crippen LogP contribution in [-0.4, -0.2) is 26.8 Å². The van der Waals surface area contributed by atoms with Crippen LogP contribution in [0.1, 0.15) is 13.3 Å². The van der Waals surface area contributed by atoms with Crippen LogP contribution >= 0.6 is 11.6 Å². The topological polar surface area (TPSA) is 124 Å². The van der Waals surface area contributed by atoms with E-state index in [1.165, 1.54) is 0 Å². The molecule has 0 bridgehead atoms. The van der Waals surface area contributed by atoms with Gasteiger partial charge >= 0.3 is 5.69 Å². The van der Waals surface area contributed by atoms with Gasteiger partial charge in [0.15, 0.2) is 0 Å². The second-order valence-electron chi connectivity index (χ2n) is 3.35. The Morgan fingerprint density at radius 1 is 1.76 bits per heavy atom. The van der Waals surface area contributed by atoms with Gasteiger partial charge in [-0.2, -0.15) is 4.98 Å². The third kappa shape index (κ3) is 3.83. The molecule has 0 aromatic carbocycles. The average Bonchev–Trinajstić information content (AvgIpc) is 2.15. The number of nitro groups is 1. The van der Waals surface area contributed by atoms with E-state index < -0.39 is 16.9 Å². The number of nitrogens with one attached hydrogen (secondary N) is 1. The van der Waals surface area contributed by atoms with E-state index in [4.69, 9.17) is 17.3 Å². The highest BCUT2D eigenvalue weighted by Crippen LogP contribution is 2.22. The summed E-state index contributed by atoms with van der Waals surface area (Å²) in [5.74, 6) is -0.559. The molecule has 1 heterocycles. The van der Waals surface area contributed by atoms with E-state index in [1.807, 2.05) is 0 Å². The minimum Gasteiger partial charge on any atom is -0.370 e. The Bertz CT molecular complexity index is 453. The van der Waals surface area contributed by atoms with Crippen LogP contribution < -0.4 is 11.1 Å². The van der Waals surface area contributed by atoms with Crippen LogP contribution in [0.25, 0.3) is 0 Å². The fourth-order valence-electron chi connectivity index (χ4n) is 1.18. The Labute approximate surface area is 101 Å². The summed E-state index contributed by atoms with van der Waals surface area (Å²) in [4.78, 5) is 27.9. The fraction of sp³-hybridized carbons (Fsp3) is 0.375. The molecule has 0 saturated carbocycles. The van der Waals surface area contributed by atoms with Gasteiger partial charge in [0.1, 0.15) is 6.20 Å². The summed E-state index contributed by atoms with van der Waals surface area (Å²) < 4.78 is 0. The first-order valence-electron chi connectivity index (χ1n) is 4.62. The first-order chi connectivity index (χ1) is 7.90. The summed E-state index contributed by atoms with van der Waals surface area (Å²) in [6, 6.07) is -0.392. The number of hydrogen-bond acceptors (Lipinski definition) is 6. The second-order valence-corrected chi connectivity index (χ2v) is 3.68. The lowest BCUT2D eigenvalue weighted by molar-refractivity contribution is -0.384. The smallest absolute Gasteiger partial charge is 0.329 e. The molecule has 0 spiro atoms. The van der Waals surface area contributed by atoms with Crippen LogP contribution in [-0.2, 0) is 4.79 Å². The monoisotopic (exact) mass is 259 g/mol. The third-order valence-electron chi connectivity index (χ3n) is 1.83. The molecule has 0 saturated heterocycles. The van der Waals surface area contributed by atoms with Gasteiger partial charge in [-0.1, -0.05) is 0 Å². The Morgan fingerprint density at radius 3 is 2.94 bits per heavy atom. The van der Waals surface area contributed by atoms with Crippen molar-refractivity contribution >= 4 is 29.0 Å². The minimum absolute atomic E-state index is 0.0266. The summed E-state index contributed by atoms with van der Waals surface area (Å²) in [5, 5.41) is 13.3. The van der Waals surface area contributed by atoms with Crippen LogP contribution in [0.5, 0.6) is 0 Å². The first-order valence-corrected chi connectivity index (χ1v) is 4.99. The van der Waals surface area contributed by atoms with Crippen molar-refractivity contribution in [2.75, 3.05) is 5.32 Å². The average molecular weight is 260 g/mol. The van der Waals surface area contributed by atoms with Gasteiger partial charge in [-0.15, -0.1) is 0 Å². The zero-order chi connectivity index (χ0) is 13.0. The lowest BCUT2D eigenvalue weighted by atomic mass is 10.2. The highest BCUT2D eigenvalue weighted by atomic mass is 35.5. The van der Waals surface area contributed by atoms with Crippen molar-refractivity contribution in [3.8, 4) is 0 Å². The Balaban J connectivity index is 2.92. The molecule has 0 radical (unpaired) electrons. The molecular formula is C8H10ClN5O3. The number of aromatic nitrogens is 2. The molecule has 0 unspecified atom stereocenters. The maximum Gasteiger partial charge on any atom is 0.329 e. The standard InChI is InChI=1S/C8H10ClN5O3/c1-4(2-6(10)15)12-7-5(14(16)17)3-11-8(9)13-7/h3-4H,2H2,1H3,(H2,10,15)(H,11,12,13)/t4-/m0/s1. The number of amides is 1. The van der Waals surface area contributed by atoms with Crippen LogP contribution in [0.2, 0.25) is 5.28 Å². The molecule has 0 aliphatic carbocycles. The predicted molar refractivity (Wildman–Crippen MR) is 60.6 cm³/mol. The highest BCUT2D eigenvalue weighted by Gasteiger charge is 2.19. The predicted octanol–water partition coefficient (Wildman–Crippen LogP) is 0.714. The van der Waals surface area contributed by atoms with Gasteiger partial charge in [0.25, 0.3) is 0 Å². The maximum atomic E-state index is 10.7. The lowest BCUT2D eigenvalue weighted by Gasteiger charge is -2.12. The van der Waals surface area contributed by atoms with E-state index in [0.29, 0.717) is 0 Å². The molecule has 8 nitrogen and oxygen atoms in total. The Hall–Kier alpha value is -1.96. The summed E-state index contributed by atoms with van der Waals surface area (Å²) in [7, 11) is 0. The summed E-state index contributed by atoms with van der Waals surface area (Å²) in [5.41, 5.74) is 4.69. The number of nitrogens with two attached hydrogens (primary N) is 1. The van der Waals surface area contributed by atoms with E-state index in [0.717, 1.165) is 6.20 Å². The van der Waals surface area contributed by atoms with E-state index in [9.17, 15) is 14.9 Å².